The van der Waals surface area contributed by atoms with Crippen LogP contribution in [0.25, 0.3) is 0 Å². The highest BCUT2D eigenvalue weighted by atomic mass is 35.5. The van der Waals surface area contributed by atoms with Gasteiger partial charge in [0.15, 0.2) is 12.4 Å². The summed E-state index contributed by atoms with van der Waals surface area (Å²) in [4.78, 5) is 16.9. The van der Waals surface area contributed by atoms with E-state index in [1.807, 2.05) is 26.0 Å². The van der Waals surface area contributed by atoms with Crippen LogP contribution in [0.1, 0.15) is 27.2 Å². The topological polar surface area (TPSA) is 50.6 Å². The molecule has 0 saturated carbocycles. The Morgan fingerprint density at radius 2 is 1.78 bits per heavy atom. The molecule has 1 saturated heterocycles. The van der Waals surface area contributed by atoms with E-state index in [-0.39, 0.29) is 18.5 Å². The molecule has 168 valence electrons. The second-order valence-corrected chi connectivity index (χ2v) is 8.55. The number of aryl methyl sites for hydroxylation is 2. The molecular formula is C24H26ClFN4O2. The van der Waals surface area contributed by atoms with E-state index in [4.69, 9.17) is 16.3 Å². The van der Waals surface area contributed by atoms with Crippen LogP contribution in [0.3, 0.4) is 0 Å². The van der Waals surface area contributed by atoms with Crippen LogP contribution in [-0.4, -0.2) is 51.7 Å². The van der Waals surface area contributed by atoms with Gasteiger partial charge in [0, 0.05) is 43.9 Å². The number of halogens is 2. The zero-order chi connectivity index (χ0) is 22.7. The van der Waals surface area contributed by atoms with Crippen molar-refractivity contribution in [2.45, 2.75) is 27.1 Å². The number of hydrogen-bond acceptors (Lipinski definition) is 4. The van der Waals surface area contributed by atoms with E-state index in [9.17, 15) is 9.18 Å². The molecule has 8 heteroatoms. The molecule has 4 rings (SSSR count). The molecule has 6 nitrogen and oxygen atoms in total. The lowest BCUT2D eigenvalue weighted by Crippen LogP contribution is -2.48. The summed E-state index contributed by atoms with van der Waals surface area (Å²) in [7, 11) is 0. The molecule has 1 aliphatic heterocycles. The van der Waals surface area contributed by atoms with Gasteiger partial charge in [0.1, 0.15) is 11.6 Å². The summed E-state index contributed by atoms with van der Waals surface area (Å²) in [6.07, 6.45) is 1.75. The van der Waals surface area contributed by atoms with Crippen molar-refractivity contribution in [2.24, 2.45) is 0 Å². The normalized spacial score (nSPS) is 14.6. The minimum absolute atomic E-state index is 0.0883. The van der Waals surface area contributed by atoms with Crippen LogP contribution in [0, 0.1) is 19.7 Å². The molecule has 1 fully saturated rings. The van der Waals surface area contributed by atoms with E-state index in [0.717, 1.165) is 35.5 Å². The monoisotopic (exact) mass is 456 g/mol. The smallest absolute Gasteiger partial charge is 0.274 e. The summed E-state index contributed by atoms with van der Waals surface area (Å²) in [6.45, 7) is 7.56. The van der Waals surface area contributed by atoms with Crippen molar-refractivity contribution < 1.29 is 13.9 Å². The van der Waals surface area contributed by atoms with Gasteiger partial charge in [-0.2, -0.15) is 5.10 Å². The molecular weight excluding hydrogens is 431 g/mol. The molecule has 0 atom stereocenters. The summed E-state index contributed by atoms with van der Waals surface area (Å²) in [5.41, 5.74) is 3.56. The highest BCUT2D eigenvalue weighted by Crippen LogP contribution is 2.20. The van der Waals surface area contributed by atoms with Gasteiger partial charge >= 0.3 is 0 Å². The van der Waals surface area contributed by atoms with Gasteiger partial charge in [-0.15, -0.1) is 0 Å². The third-order valence-corrected chi connectivity index (χ3v) is 5.84. The number of amides is 1. The van der Waals surface area contributed by atoms with Crippen LogP contribution in [0.2, 0.25) is 5.02 Å². The Balaban J connectivity index is 1.29. The average molecular weight is 457 g/mol. The van der Waals surface area contributed by atoms with Gasteiger partial charge in [-0.05, 0) is 60.9 Å². The number of piperazine rings is 1. The molecule has 3 aromatic rings. The zero-order valence-corrected chi connectivity index (χ0v) is 19.0. The first-order valence-corrected chi connectivity index (χ1v) is 11.0. The lowest BCUT2D eigenvalue weighted by Gasteiger charge is -2.34. The Bertz CT molecular complexity index is 1090. The van der Waals surface area contributed by atoms with Crippen LogP contribution < -0.4 is 4.74 Å². The quantitative estimate of drug-likeness (QED) is 0.555. The molecule has 1 amide bonds. The fraction of sp³-hybridized carbons (Fsp3) is 0.333. The van der Waals surface area contributed by atoms with Crippen molar-refractivity contribution in [3.8, 4) is 5.75 Å². The number of hydrogen-bond donors (Lipinski definition) is 0. The van der Waals surface area contributed by atoms with Crippen molar-refractivity contribution in [3.63, 3.8) is 0 Å². The fourth-order valence-corrected chi connectivity index (χ4v) is 4.09. The van der Waals surface area contributed by atoms with Crippen LogP contribution in [0.5, 0.6) is 5.75 Å². The maximum absolute atomic E-state index is 13.2. The van der Waals surface area contributed by atoms with Gasteiger partial charge in [-0.1, -0.05) is 23.7 Å². The number of nitrogens with zero attached hydrogens (tertiary/aromatic N) is 4. The molecule has 0 spiro atoms. The van der Waals surface area contributed by atoms with Crippen molar-refractivity contribution in [1.29, 1.82) is 0 Å². The predicted octanol–water partition coefficient (Wildman–Crippen LogP) is 4.29. The standard InChI is InChI=1S/C24H26ClFN4O2/c1-17-11-18(2)13-21(12-17)32-16-30-6-5-23(27-30)24(31)29-9-7-28(8-10-29)15-19-3-4-20(26)14-22(19)25/h3-6,11-14H,7-10,15-16H2,1-2H3. The zero-order valence-electron chi connectivity index (χ0n) is 18.2. The molecule has 0 radical (unpaired) electrons. The molecule has 1 aromatic heterocycles. The Kier molecular flexibility index (Phi) is 6.77. The van der Waals surface area contributed by atoms with E-state index < -0.39 is 0 Å². The second-order valence-electron chi connectivity index (χ2n) is 8.14. The van der Waals surface area contributed by atoms with Gasteiger partial charge in [-0.3, -0.25) is 9.69 Å². The number of rotatable bonds is 6. The Labute approximate surface area is 192 Å². The van der Waals surface area contributed by atoms with Gasteiger partial charge in [0.2, 0.25) is 0 Å². The third-order valence-electron chi connectivity index (χ3n) is 5.49. The lowest BCUT2D eigenvalue weighted by molar-refractivity contribution is 0.0621. The molecule has 0 bridgehead atoms. The number of carbonyl (C=O) groups excluding carboxylic acids is 1. The summed E-state index contributed by atoms with van der Waals surface area (Å²) >= 11 is 6.14. The first kappa shape index (κ1) is 22.3. The number of benzene rings is 2. The van der Waals surface area contributed by atoms with Gasteiger partial charge in [0.05, 0.1) is 0 Å². The Morgan fingerprint density at radius 3 is 2.47 bits per heavy atom. The molecule has 0 unspecified atom stereocenters. The van der Waals surface area contributed by atoms with Gasteiger partial charge in [0.25, 0.3) is 5.91 Å². The molecule has 2 aromatic carbocycles. The fourth-order valence-electron chi connectivity index (χ4n) is 3.87. The highest BCUT2D eigenvalue weighted by molar-refractivity contribution is 6.31. The maximum Gasteiger partial charge on any atom is 0.274 e. The molecule has 2 heterocycles. The molecule has 32 heavy (non-hydrogen) atoms. The Hall–Kier alpha value is -2.90. The number of aromatic nitrogens is 2. The number of ether oxygens (including phenoxy) is 1. The summed E-state index contributed by atoms with van der Waals surface area (Å²) in [5.74, 6) is 0.353. The van der Waals surface area contributed by atoms with Crippen LogP contribution in [0.15, 0.2) is 48.7 Å². The summed E-state index contributed by atoms with van der Waals surface area (Å²) in [5, 5.41) is 4.81. The van der Waals surface area contributed by atoms with Crippen LogP contribution >= 0.6 is 11.6 Å². The average Bonchev–Trinajstić information content (AvgIpc) is 3.23. The molecule has 0 N–H and O–H groups in total. The first-order chi connectivity index (χ1) is 15.4. The highest BCUT2D eigenvalue weighted by Gasteiger charge is 2.24. The van der Waals surface area contributed by atoms with E-state index in [2.05, 4.69) is 16.1 Å². The van der Waals surface area contributed by atoms with Crippen molar-refractivity contribution in [1.82, 2.24) is 19.6 Å². The van der Waals surface area contributed by atoms with Crippen molar-refractivity contribution in [3.05, 3.63) is 81.9 Å². The third kappa shape index (κ3) is 5.47. The van der Waals surface area contributed by atoms with Crippen molar-refractivity contribution in [2.75, 3.05) is 26.2 Å². The van der Waals surface area contributed by atoms with Crippen molar-refractivity contribution >= 4 is 17.5 Å². The van der Waals surface area contributed by atoms with Crippen LogP contribution in [-0.2, 0) is 13.3 Å². The lowest BCUT2D eigenvalue weighted by atomic mass is 10.1. The summed E-state index contributed by atoms with van der Waals surface area (Å²) < 4.78 is 20.7. The van der Waals surface area contributed by atoms with Gasteiger partial charge in [-0.25, -0.2) is 9.07 Å². The SMILES string of the molecule is Cc1cc(C)cc(OCn2ccc(C(=O)N3CCN(Cc4ccc(F)cc4Cl)CC3)n2)c1. The largest absolute Gasteiger partial charge is 0.471 e. The molecule has 1 aliphatic rings. The van der Waals surface area contributed by atoms with Gasteiger partial charge < -0.3 is 9.64 Å². The predicted molar refractivity (Wildman–Crippen MR) is 121 cm³/mol. The maximum atomic E-state index is 13.2. The summed E-state index contributed by atoms with van der Waals surface area (Å²) in [6, 6.07) is 12.2. The minimum atomic E-state index is -0.340. The molecule has 0 aliphatic carbocycles. The van der Waals surface area contributed by atoms with Crippen LogP contribution in [0.4, 0.5) is 4.39 Å². The second kappa shape index (κ2) is 9.71. The Morgan fingerprint density at radius 1 is 1.06 bits per heavy atom. The van der Waals surface area contributed by atoms with E-state index >= 15 is 0 Å². The number of carbonyl (C=O) groups is 1. The van der Waals surface area contributed by atoms with E-state index in [1.54, 1.807) is 27.9 Å². The van der Waals surface area contributed by atoms with E-state index in [1.165, 1.54) is 12.1 Å². The van der Waals surface area contributed by atoms with E-state index in [0.29, 0.717) is 30.4 Å². The first-order valence-electron chi connectivity index (χ1n) is 10.6. The minimum Gasteiger partial charge on any atom is -0.471 e.